The first kappa shape index (κ1) is 19.7. The Morgan fingerprint density at radius 2 is 1.79 bits per heavy atom. The molecule has 0 aliphatic carbocycles. The molecule has 0 aromatic heterocycles. The highest BCUT2D eigenvalue weighted by atomic mass is 16.6. The number of ether oxygens (including phenoxy) is 2. The van der Waals surface area contributed by atoms with E-state index < -0.39 is 4.92 Å². The zero-order valence-electron chi connectivity index (χ0n) is 16.1. The summed E-state index contributed by atoms with van der Waals surface area (Å²) in [6.45, 7) is 1.30. The van der Waals surface area contributed by atoms with E-state index in [4.69, 9.17) is 9.47 Å². The molecule has 1 heterocycles. The summed E-state index contributed by atoms with van der Waals surface area (Å²) in [5.41, 5.74) is 1.39. The summed E-state index contributed by atoms with van der Waals surface area (Å²) in [4.78, 5) is 25.2. The van der Waals surface area contributed by atoms with Crippen molar-refractivity contribution in [1.82, 2.24) is 4.90 Å². The van der Waals surface area contributed by atoms with Gasteiger partial charge < -0.3 is 14.4 Å². The van der Waals surface area contributed by atoms with Crippen LogP contribution in [0.2, 0.25) is 0 Å². The van der Waals surface area contributed by atoms with E-state index in [0.717, 1.165) is 25.0 Å². The molecule has 1 aliphatic rings. The lowest BCUT2D eigenvalue weighted by molar-refractivity contribution is -0.385. The van der Waals surface area contributed by atoms with Crippen molar-refractivity contribution < 1.29 is 19.2 Å². The molecule has 0 saturated carbocycles. The van der Waals surface area contributed by atoms with Gasteiger partial charge in [-0.1, -0.05) is 12.1 Å². The molecular formula is C21H24N2O5. The van der Waals surface area contributed by atoms with Crippen molar-refractivity contribution >= 4 is 11.6 Å². The van der Waals surface area contributed by atoms with Crippen LogP contribution in [0.25, 0.3) is 0 Å². The third-order valence-corrected chi connectivity index (χ3v) is 5.21. The molecule has 1 fully saturated rings. The summed E-state index contributed by atoms with van der Waals surface area (Å²) < 4.78 is 10.2. The van der Waals surface area contributed by atoms with Crippen molar-refractivity contribution in [2.75, 3.05) is 27.3 Å². The Kier molecular flexibility index (Phi) is 6.13. The van der Waals surface area contributed by atoms with Gasteiger partial charge in [0.05, 0.1) is 19.1 Å². The Labute approximate surface area is 164 Å². The molecule has 1 aliphatic heterocycles. The lowest BCUT2D eigenvalue weighted by Gasteiger charge is -2.32. The number of hydrogen-bond acceptors (Lipinski definition) is 5. The fraction of sp³-hybridized carbons (Fsp3) is 0.381. The first-order valence-electron chi connectivity index (χ1n) is 9.26. The van der Waals surface area contributed by atoms with Crippen molar-refractivity contribution in [2.45, 2.75) is 19.3 Å². The van der Waals surface area contributed by atoms with Crippen LogP contribution in [0.1, 0.15) is 28.8 Å². The van der Waals surface area contributed by atoms with E-state index in [0.29, 0.717) is 24.6 Å². The van der Waals surface area contributed by atoms with Crippen LogP contribution in [0.4, 0.5) is 5.69 Å². The molecule has 7 heteroatoms. The highest BCUT2D eigenvalue weighted by Crippen LogP contribution is 2.29. The van der Waals surface area contributed by atoms with Crippen molar-refractivity contribution in [3.8, 4) is 11.5 Å². The number of hydrogen-bond donors (Lipinski definition) is 0. The molecule has 1 amide bonds. The second-order valence-electron chi connectivity index (χ2n) is 6.93. The molecule has 28 heavy (non-hydrogen) atoms. The minimum absolute atomic E-state index is 0.153. The number of carbonyl (C=O) groups is 1. The van der Waals surface area contributed by atoms with E-state index in [9.17, 15) is 14.9 Å². The maximum atomic E-state index is 12.8. The number of nitro benzene ring substituents is 1. The SMILES string of the molecule is COc1ccc(CC2CCN(C(=O)c3ccc(OC)c([N+](=O)[O-])c3)CC2)cc1. The number of piperidine rings is 1. The van der Waals surface area contributed by atoms with Gasteiger partial charge in [-0.3, -0.25) is 14.9 Å². The quantitative estimate of drug-likeness (QED) is 0.560. The highest BCUT2D eigenvalue weighted by Gasteiger charge is 2.26. The Morgan fingerprint density at radius 3 is 2.36 bits per heavy atom. The molecule has 0 unspecified atom stereocenters. The van der Waals surface area contributed by atoms with Gasteiger partial charge in [0.1, 0.15) is 5.75 Å². The third kappa shape index (κ3) is 4.42. The molecule has 0 atom stereocenters. The fourth-order valence-electron chi connectivity index (χ4n) is 3.58. The number of methoxy groups -OCH3 is 2. The largest absolute Gasteiger partial charge is 0.497 e. The van der Waals surface area contributed by atoms with Gasteiger partial charge in [-0.15, -0.1) is 0 Å². The molecule has 0 bridgehead atoms. The van der Waals surface area contributed by atoms with Gasteiger partial charge >= 0.3 is 5.69 Å². The number of rotatable bonds is 6. The molecule has 2 aromatic carbocycles. The average molecular weight is 384 g/mol. The molecule has 148 valence electrons. The Balaban J connectivity index is 1.60. The van der Waals surface area contributed by atoms with Gasteiger partial charge in [-0.25, -0.2) is 0 Å². The van der Waals surface area contributed by atoms with Gasteiger partial charge in [0.15, 0.2) is 5.75 Å². The minimum Gasteiger partial charge on any atom is -0.497 e. The van der Waals surface area contributed by atoms with Crippen molar-refractivity contribution in [3.05, 3.63) is 63.7 Å². The summed E-state index contributed by atoms with van der Waals surface area (Å²) in [6, 6.07) is 12.4. The van der Waals surface area contributed by atoms with Crippen molar-refractivity contribution in [1.29, 1.82) is 0 Å². The molecule has 0 radical (unpaired) electrons. The van der Waals surface area contributed by atoms with E-state index in [2.05, 4.69) is 12.1 Å². The maximum absolute atomic E-state index is 12.8. The summed E-state index contributed by atoms with van der Waals surface area (Å²) in [5.74, 6) is 1.34. The zero-order valence-corrected chi connectivity index (χ0v) is 16.1. The fourth-order valence-corrected chi connectivity index (χ4v) is 3.58. The summed E-state index contributed by atoms with van der Waals surface area (Å²) in [7, 11) is 3.02. The van der Waals surface area contributed by atoms with Gasteiger partial charge in [0, 0.05) is 24.7 Å². The first-order chi connectivity index (χ1) is 13.5. The summed E-state index contributed by atoms with van der Waals surface area (Å²) in [5, 5.41) is 11.2. The van der Waals surface area contributed by atoms with E-state index >= 15 is 0 Å². The number of nitro groups is 1. The van der Waals surface area contributed by atoms with Gasteiger partial charge in [-0.05, 0) is 55.0 Å². The van der Waals surface area contributed by atoms with Crippen LogP contribution in [0.3, 0.4) is 0 Å². The number of nitrogens with zero attached hydrogens (tertiary/aromatic N) is 2. The summed E-state index contributed by atoms with van der Waals surface area (Å²) in [6.07, 6.45) is 2.80. The lowest BCUT2D eigenvalue weighted by Crippen LogP contribution is -2.38. The van der Waals surface area contributed by atoms with Gasteiger partial charge in [-0.2, -0.15) is 0 Å². The first-order valence-corrected chi connectivity index (χ1v) is 9.26. The van der Waals surface area contributed by atoms with Gasteiger partial charge in [0.2, 0.25) is 0 Å². The molecular weight excluding hydrogens is 360 g/mol. The molecule has 3 rings (SSSR count). The van der Waals surface area contributed by atoms with Crippen LogP contribution in [-0.4, -0.2) is 43.0 Å². The molecule has 0 spiro atoms. The predicted octanol–water partition coefficient (Wildman–Crippen LogP) is 3.71. The van der Waals surface area contributed by atoms with Crippen LogP contribution in [0.15, 0.2) is 42.5 Å². The normalized spacial score (nSPS) is 14.6. The highest BCUT2D eigenvalue weighted by molar-refractivity contribution is 5.95. The lowest BCUT2D eigenvalue weighted by atomic mass is 9.90. The maximum Gasteiger partial charge on any atom is 0.311 e. The molecule has 7 nitrogen and oxygen atoms in total. The van der Waals surface area contributed by atoms with E-state index in [1.54, 1.807) is 18.1 Å². The Morgan fingerprint density at radius 1 is 1.11 bits per heavy atom. The van der Waals surface area contributed by atoms with E-state index in [1.807, 2.05) is 12.1 Å². The number of amides is 1. The monoisotopic (exact) mass is 384 g/mol. The molecule has 0 N–H and O–H groups in total. The van der Waals surface area contributed by atoms with Crippen LogP contribution >= 0.6 is 0 Å². The van der Waals surface area contributed by atoms with Crippen molar-refractivity contribution in [2.24, 2.45) is 5.92 Å². The zero-order chi connectivity index (χ0) is 20.1. The number of likely N-dealkylation sites (tertiary alicyclic amines) is 1. The van der Waals surface area contributed by atoms with Crippen LogP contribution < -0.4 is 9.47 Å². The minimum atomic E-state index is -0.531. The van der Waals surface area contributed by atoms with E-state index in [-0.39, 0.29) is 17.3 Å². The van der Waals surface area contributed by atoms with Crippen LogP contribution in [0.5, 0.6) is 11.5 Å². The predicted molar refractivity (Wildman–Crippen MR) is 105 cm³/mol. The standard InChI is InChI=1S/C21H24N2O5/c1-27-18-6-3-15(4-7-18)13-16-9-11-22(12-10-16)21(24)17-5-8-20(28-2)19(14-17)23(25)26/h3-8,14,16H,9-13H2,1-2H3. The Hall–Kier alpha value is -3.09. The van der Waals surface area contributed by atoms with Crippen LogP contribution in [0, 0.1) is 16.0 Å². The average Bonchev–Trinajstić information content (AvgIpc) is 2.73. The van der Waals surface area contributed by atoms with E-state index in [1.165, 1.54) is 24.8 Å². The number of benzene rings is 2. The Bertz CT molecular complexity index is 842. The van der Waals surface area contributed by atoms with Crippen LogP contribution in [-0.2, 0) is 6.42 Å². The second-order valence-corrected chi connectivity index (χ2v) is 6.93. The van der Waals surface area contributed by atoms with Crippen molar-refractivity contribution in [3.63, 3.8) is 0 Å². The van der Waals surface area contributed by atoms with Gasteiger partial charge in [0.25, 0.3) is 5.91 Å². The smallest absolute Gasteiger partial charge is 0.311 e. The second kappa shape index (κ2) is 8.73. The number of carbonyl (C=O) groups excluding carboxylic acids is 1. The third-order valence-electron chi connectivity index (χ3n) is 5.21. The molecule has 2 aromatic rings. The molecule has 1 saturated heterocycles. The topological polar surface area (TPSA) is 81.9 Å². The summed E-state index contributed by atoms with van der Waals surface area (Å²) >= 11 is 0.